The lowest BCUT2D eigenvalue weighted by Gasteiger charge is -2.30. The van der Waals surface area contributed by atoms with Crippen molar-refractivity contribution >= 4 is 5.69 Å². The molecule has 1 atom stereocenters. The molecule has 0 spiro atoms. The summed E-state index contributed by atoms with van der Waals surface area (Å²) in [4.78, 5) is 1.83. The first-order chi connectivity index (χ1) is 9.43. The van der Waals surface area contributed by atoms with Crippen molar-refractivity contribution in [2.24, 2.45) is 0 Å². The molecule has 0 bridgehead atoms. The number of halogens is 3. The Balaban J connectivity index is 2.36. The minimum atomic E-state index is -4.51. The van der Waals surface area contributed by atoms with Gasteiger partial charge in [-0.05, 0) is 37.5 Å². The molecule has 0 N–H and O–H groups in total. The van der Waals surface area contributed by atoms with Gasteiger partial charge in [-0.15, -0.1) is 0 Å². The molecule has 2 nitrogen and oxygen atoms in total. The van der Waals surface area contributed by atoms with E-state index in [2.05, 4.69) is 6.08 Å². The van der Waals surface area contributed by atoms with E-state index in [0.29, 0.717) is 5.69 Å². The lowest BCUT2D eigenvalue weighted by Crippen LogP contribution is -2.31. The van der Waals surface area contributed by atoms with Crippen LogP contribution < -0.4 is 4.90 Å². The molecule has 0 fully saturated rings. The minimum absolute atomic E-state index is 0.109. The van der Waals surface area contributed by atoms with Gasteiger partial charge in [0, 0.05) is 18.8 Å². The molecular formula is C15H15F3N2. The molecule has 106 valence electrons. The van der Waals surface area contributed by atoms with Crippen molar-refractivity contribution in [2.75, 3.05) is 11.9 Å². The van der Waals surface area contributed by atoms with Crippen LogP contribution in [0, 0.1) is 11.3 Å². The predicted octanol–water partition coefficient (Wildman–Crippen LogP) is 4.12. The van der Waals surface area contributed by atoms with Crippen molar-refractivity contribution in [3.63, 3.8) is 0 Å². The van der Waals surface area contributed by atoms with Gasteiger partial charge in [0.05, 0.1) is 17.2 Å². The Morgan fingerprint density at radius 3 is 2.65 bits per heavy atom. The lowest BCUT2D eigenvalue weighted by atomic mass is 10.00. The van der Waals surface area contributed by atoms with Crippen molar-refractivity contribution in [2.45, 2.75) is 31.5 Å². The van der Waals surface area contributed by atoms with Crippen LogP contribution in [-0.2, 0) is 6.18 Å². The molecule has 1 aromatic carbocycles. The Morgan fingerprint density at radius 1 is 1.35 bits per heavy atom. The molecule has 1 aromatic rings. The van der Waals surface area contributed by atoms with Crippen molar-refractivity contribution in [3.05, 3.63) is 41.5 Å². The third-order valence-corrected chi connectivity index (χ3v) is 3.56. The van der Waals surface area contributed by atoms with Crippen LogP contribution in [0.15, 0.2) is 30.4 Å². The van der Waals surface area contributed by atoms with E-state index < -0.39 is 11.7 Å². The van der Waals surface area contributed by atoms with E-state index in [4.69, 9.17) is 5.26 Å². The summed E-state index contributed by atoms with van der Waals surface area (Å²) in [5.74, 6) is 0. The Labute approximate surface area is 116 Å². The Kier molecular flexibility index (Phi) is 4.03. The number of anilines is 1. The summed E-state index contributed by atoms with van der Waals surface area (Å²) >= 11 is 0. The molecule has 0 saturated heterocycles. The largest absolute Gasteiger partial charge is 0.417 e. The zero-order valence-electron chi connectivity index (χ0n) is 11.1. The van der Waals surface area contributed by atoms with E-state index in [9.17, 15) is 13.2 Å². The molecule has 0 heterocycles. The third-order valence-electron chi connectivity index (χ3n) is 3.56. The van der Waals surface area contributed by atoms with Gasteiger partial charge in [-0.2, -0.15) is 18.4 Å². The molecule has 0 amide bonds. The quantitative estimate of drug-likeness (QED) is 0.762. The van der Waals surface area contributed by atoms with Crippen molar-refractivity contribution in [1.82, 2.24) is 0 Å². The number of alkyl halides is 3. The average Bonchev–Trinajstić information content (AvgIpc) is 2.46. The predicted molar refractivity (Wildman–Crippen MR) is 71.3 cm³/mol. The zero-order valence-corrected chi connectivity index (χ0v) is 11.1. The smallest absolute Gasteiger partial charge is 0.368 e. The monoisotopic (exact) mass is 280 g/mol. The Hall–Kier alpha value is -1.96. The Bertz CT molecular complexity index is 555. The van der Waals surface area contributed by atoms with E-state index in [0.717, 1.165) is 25.3 Å². The second kappa shape index (κ2) is 5.58. The van der Waals surface area contributed by atoms with Crippen LogP contribution in [0.3, 0.4) is 0 Å². The Morgan fingerprint density at radius 2 is 2.10 bits per heavy atom. The van der Waals surface area contributed by atoms with E-state index in [1.54, 1.807) is 19.2 Å². The van der Waals surface area contributed by atoms with Crippen LogP contribution in [0.25, 0.3) is 0 Å². The molecule has 20 heavy (non-hydrogen) atoms. The summed E-state index contributed by atoms with van der Waals surface area (Å²) in [6.07, 6.45) is 2.55. The first kappa shape index (κ1) is 14.4. The molecule has 0 aromatic heterocycles. The third kappa shape index (κ3) is 2.96. The van der Waals surface area contributed by atoms with Gasteiger partial charge in [0.15, 0.2) is 0 Å². The number of hydrogen-bond donors (Lipinski definition) is 0. The minimum Gasteiger partial charge on any atom is -0.368 e. The molecular weight excluding hydrogens is 265 g/mol. The number of hydrogen-bond acceptors (Lipinski definition) is 2. The van der Waals surface area contributed by atoms with Crippen LogP contribution in [0.5, 0.6) is 0 Å². The topological polar surface area (TPSA) is 27.0 Å². The standard InChI is InChI=1S/C15H15F3N2/c1-20(12-5-3-2-4-6-12)13-8-7-11(10-19)14(9-13)15(16,17)18/h3,5,7-9,12H,2,4,6H2,1H3. The normalized spacial score (nSPS) is 18.6. The number of allylic oxidation sites excluding steroid dienone is 1. The fourth-order valence-electron chi connectivity index (χ4n) is 2.39. The number of rotatable bonds is 2. The van der Waals surface area contributed by atoms with Gasteiger partial charge in [-0.1, -0.05) is 12.2 Å². The molecule has 0 saturated carbocycles. The molecule has 1 aliphatic rings. The van der Waals surface area contributed by atoms with Crippen LogP contribution >= 0.6 is 0 Å². The highest BCUT2D eigenvalue weighted by Crippen LogP contribution is 2.35. The van der Waals surface area contributed by atoms with Gasteiger partial charge in [-0.25, -0.2) is 0 Å². The molecule has 1 aliphatic carbocycles. The molecule has 2 rings (SSSR count). The van der Waals surface area contributed by atoms with Gasteiger partial charge in [0.1, 0.15) is 0 Å². The van der Waals surface area contributed by atoms with Crippen LogP contribution in [-0.4, -0.2) is 13.1 Å². The SMILES string of the molecule is CN(c1ccc(C#N)c(C(F)(F)F)c1)C1C=CCCC1. The highest BCUT2D eigenvalue weighted by atomic mass is 19.4. The fraction of sp³-hybridized carbons (Fsp3) is 0.400. The summed E-state index contributed by atoms with van der Waals surface area (Å²) in [6, 6.07) is 5.56. The van der Waals surface area contributed by atoms with Gasteiger partial charge < -0.3 is 4.90 Å². The number of likely N-dealkylation sites (N-methyl/N-ethyl adjacent to an activating group) is 1. The summed E-state index contributed by atoms with van der Waals surface area (Å²) in [5, 5.41) is 8.79. The second-order valence-electron chi connectivity index (χ2n) is 4.88. The van der Waals surface area contributed by atoms with Crippen LogP contribution in [0.2, 0.25) is 0 Å². The maximum absolute atomic E-state index is 12.9. The lowest BCUT2D eigenvalue weighted by molar-refractivity contribution is -0.137. The number of nitrogens with zero attached hydrogens (tertiary/aromatic N) is 2. The molecule has 1 unspecified atom stereocenters. The summed E-state index contributed by atoms with van der Waals surface area (Å²) in [7, 11) is 1.78. The average molecular weight is 280 g/mol. The fourth-order valence-corrected chi connectivity index (χ4v) is 2.39. The van der Waals surface area contributed by atoms with Gasteiger partial charge in [-0.3, -0.25) is 0 Å². The first-order valence-electron chi connectivity index (χ1n) is 6.44. The number of nitriles is 1. The van der Waals surface area contributed by atoms with Crippen molar-refractivity contribution in [3.8, 4) is 6.07 Å². The van der Waals surface area contributed by atoms with E-state index in [1.165, 1.54) is 6.07 Å². The van der Waals surface area contributed by atoms with Gasteiger partial charge in [0.2, 0.25) is 0 Å². The first-order valence-corrected chi connectivity index (χ1v) is 6.44. The summed E-state index contributed by atoms with van der Waals surface area (Å²) < 4.78 is 38.8. The molecule has 0 aliphatic heterocycles. The molecule has 5 heteroatoms. The van der Waals surface area contributed by atoms with E-state index >= 15 is 0 Å². The summed E-state index contributed by atoms with van der Waals surface area (Å²) in [6.45, 7) is 0. The van der Waals surface area contributed by atoms with Gasteiger partial charge >= 0.3 is 6.18 Å². The maximum Gasteiger partial charge on any atom is 0.417 e. The highest BCUT2D eigenvalue weighted by Gasteiger charge is 2.34. The maximum atomic E-state index is 12.9. The van der Waals surface area contributed by atoms with Gasteiger partial charge in [0.25, 0.3) is 0 Å². The summed E-state index contributed by atoms with van der Waals surface area (Å²) in [5.41, 5.74) is -0.731. The van der Waals surface area contributed by atoms with Crippen molar-refractivity contribution < 1.29 is 13.2 Å². The van der Waals surface area contributed by atoms with E-state index in [1.807, 2.05) is 11.0 Å². The highest BCUT2D eigenvalue weighted by molar-refractivity contribution is 5.55. The van der Waals surface area contributed by atoms with Crippen LogP contribution in [0.4, 0.5) is 18.9 Å². The molecule has 0 radical (unpaired) electrons. The zero-order chi connectivity index (χ0) is 14.8. The number of benzene rings is 1. The van der Waals surface area contributed by atoms with E-state index in [-0.39, 0.29) is 11.6 Å². The second-order valence-corrected chi connectivity index (χ2v) is 4.88. The van der Waals surface area contributed by atoms with Crippen molar-refractivity contribution in [1.29, 1.82) is 5.26 Å². The van der Waals surface area contributed by atoms with Crippen LogP contribution in [0.1, 0.15) is 30.4 Å².